The van der Waals surface area contributed by atoms with Crippen LogP contribution in [0.2, 0.25) is 0 Å². The number of carbonyl (C=O) groups excluding carboxylic acids is 1. The van der Waals surface area contributed by atoms with E-state index < -0.39 is 41.3 Å². The first-order valence-corrected chi connectivity index (χ1v) is 12.7. The maximum absolute atomic E-state index is 14.3. The van der Waals surface area contributed by atoms with Crippen molar-refractivity contribution < 1.29 is 31.5 Å². The van der Waals surface area contributed by atoms with E-state index >= 15 is 0 Å². The molecule has 4 aromatic rings. The van der Waals surface area contributed by atoms with Crippen LogP contribution in [-0.4, -0.2) is 49.0 Å². The number of fused-ring (bicyclic) bond motifs is 1. The molecule has 1 fully saturated rings. The Morgan fingerprint density at radius 2 is 1.68 bits per heavy atom. The fraction of sp³-hybridized carbons (Fsp3) is 0.407. The summed E-state index contributed by atoms with van der Waals surface area (Å²) in [5, 5.41) is 6.93. The van der Waals surface area contributed by atoms with Gasteiger partial charge in [-0.3, -0.25) is 9.13 Å². The number of hydrogen-bond donors (Lipinski definition) is 0. The van der Waals surface area contributed by atoms with Crippen LogP contribution in [0.3, 0.4) is 0 Å². The number of likely N-dealkylation sites (tertiary alicyclic amines) is 1. The lowest BCUT2D eigenvalue weighted by Crippen LogP contribution is -2.43. The Hall–Kier alpha value is -4.16. The van der Waals surface area contributed by atoms with E-state index in [1.807, 2.05) is 0 Å². The average Bonchev–Trinajstić information content (AvgIpc) is 3.48. The standard InChI is InChI=1S/C27H27F4N5O4/c1-27(2,3)40-26(38)34-10-8-17(9-11-34)36-21-13-19(29)18(28)12-20(21)35(25(36)37)14-15-4-6-16(7-5-15)23-32-33-24(39-23)22(30)31/h4-7,12-13,17,22H,8-11,14H2,1-3H3. The van der Waals surface area contributed by atoms with Crippen LogP contribution in [-0.2, 0) is 11.3 Å². The average molecular weight is 562 g/mol. The van der Waals surface area contributed by atoms with Crippen LogP contribution in [0, 0.1) is 11.6 Å². The minimum absolute atomic E-state index is 0.0383. The molecule has 0 saturated carbocycles. The molecule has 0 spiro atoms. The molecule has 0 unspecified atom stereocenters. The Kier molecular flexibility index (Phi) is 7.15. The summed E-state index contributed by atoms with van der Waals surface area (Å²) in [6.45, 7) is 6.06. The number of rotatable bonds is 5. The summed E-state index contributed by atoms with van der Waals surface area (Å²) in [5.41, 5.74) is 0.435. The van der Waals surface area contributed by atoms with Gasteiger partial charge in [-0.2, -0.15) is 8.78 Å². The quantitative estimate of drug-likeness (QED) is 0.291. The zero-order valence-corrected chi connectivity index (χ0v) is 22.0. The number of piperidine rings is 1. The van der Waals surface area contributed by atoms with Gasteiger partial charge in [0, 0.05) is 36.8 Å². The molecule has 13 heteroatoms. The highest BCUT2D eigenvalue weighted by molar-refractivity contribution is 5.77. The SMILES string of the molecule is CC(C)(C)OC(=O)N1CCC(n2c(=O)n(Cc3ccc(-c4nnc(C(F)F)o4)cc3)c3cc(F)c(F)cc32)CC1. The van der Waals surface area contributed by atoms with Crippen molar-refractivity contribution in [3.63, 3.8) is 0 Å². The van der Waals surface area contributed by atoms with E-state index in [4.69, 9.17) is 9.15 Å². The molecule has 40 heavy (non-hydrogen) atoms. The fourth-order valence-corrected chi connectivity index (χ4v) is 4.78. The molecule has 0 atom stereocenters. The van der Waals surface area contributed by atoms with E-state index in [1.165, 1.54) is 9.13 Å². The van der Waals surface area contributed by atoms with Gasteiger partial charge >= 0.3 is 18.2 Å². The van der Waals surface area contributed by atoms with Gasteiger partial charge in [-0.1, -0.05) is 12.1 Å². The smallest absolute Gasteiger partial charge is 0.410 e. The van der Waals surface area contributed by atoms with Crippen molar-refractivity contribution >= 4 is 17.1 Å². The predicted molar refractivity (Wildman–Crippen MR) is 136 cm³/mol. The zero-order chi connectivity index (χ0) is 28.8. The normalized spacial score (nSPS) is 14.8. The number of hydrogen-bond acceptors (Lipinski definition) is 6. The Labute approximate surface area is 226 Å². The summed E-state index contributed by atoms with van der Waals surface area (Å²) in [5.74, 6) is -3.02. The molecule has 1 amide bonds. The zero-order valence-electron chi connectivity index (χ0n) is 22.0. The second-order valence-corrected chi connectivity index (χ2v) is 10.6. The van der Waals surface area contributed by atoms with Crippen molar-refractivity contribution in [2.24, 2.45) is 0 Å². The first-order valence-electron chi connectivity index (χ1n) is 12.7. The van der Waals surface area contributed by atoms with Gasteiger partial charge in [0.05, 0.1) is 17.6 Å². The van der Waals surface area contributed by atoms with E-state index in [0.717, 1.165) is 12.1 Å². The topological polar surface area (TPSA) is 95.4 Å². The van der Waals surface area contributed by atoms with Crippen LogP contribution in [0.25, 0.3) is 22.5 Å². The van der Waals surface area contributed by atoms with Crippen molar-refractivity contribution in [3.05, 3.63) is 70.0 Å². The summed E-state index contributed by atoms with van der Waals surface area (Å²) < 4.78 is 67.4. The van der Waals surface area contributed by atoms with Crippen LogP contribution < -0.4 is 5.69 Å². The minimum atomic E-state index is -2.89. The maximum Gasteiger partial charge on any atom is 0.410 e. The van der Waals surface area contributed by atoms with E-state index in [0.29, 0.717) is 37.1 Å². The maximum atomic E-state index is 14.3. The largest absolute Gasteiger partial charge is 0.444 e. The summed E-state index contributed by atoms with van der Waals surface area (Å²) in [6, 6.07) is 8.12. The third-order valence-corrected chi connectivity index (χ3v) is 6.65. The monoisotopic (exact) mass is 561 g/mol. The molecule has 1 aliphatic heterocycles. The Balaban J connectivity index is 1.42. The van der Waals surface area contributed by atoms with Crippen molar-refractivity contribution in [2.75, 3.05) is 13.1 Å². The molecule has 0 aliphatic carbocycles. The van der Waals surface area contributed by atoms with Crippen LogP contribution >= 0.6 is 0 Å². The highest BCUT2D eigenvalue weighted by Crippen LogP contribution is 2.29. The van der Waals surface area contributed by atoms with Crippen molar-refractivity contribution in [1.82, 2.24) is 24.2 Å². The number of benzene rings is 2. The Morgan fingerprint density at radius 1 is 1.05 bits per heavy atom. The summed E-state index contributed by atoms with van der Waals surface area (Å²) in [7, 11) is 0. The Bertz CT molecular complexity index is 1600. The second kappa shape index (κ2) is 10.4. The highest BCUT2D eigenvalue weighted by Gasteiger charge is 2.30. The van der Waals surface area contributed by atoms with E-state index in [-0.39, 0.29) is 29.5 Å². The summed E-state index contributed by atoms with van der Waals surface area (Å²) in [4.78, 5) is 27.7. The van der Waals surface area contributed by atoms with Gasteiger partial charge in [0.15, 0.2) is 11.6 Å². The number of amides is 1. The molecule has 1 saturated heterocycles. The molecule has 3 heterocycles. The lowest BCUT2D eigenvalue weighted by Gasteiger charge is -2.33. The fourth-order valence-electron chi connectivity index (χ4n) is 4.78. The van der Waals surface area contributed by atoms with E-state index in [9.17, 15) is 27.2 Å². The predicted octanol–water partition coefficient (Wildman–Crippen LogP) is 5.69. The van der Waals surface area contributed by atoms with Crippen molar-refractivity contribution in [2.45, 2.75) is 58.2 Å². The van der Waals surface area contributed by atoms with Gasteiger partial charge in [0.2, 0.25) is 5.89 Å². The second-order valence-electron chi connectivity index (χ2n) is 10.6. The number of ether oxygens (including phenoxy) is 1. The number of alkyl halides is 2. The molecule has 0 radical (unpaired) electrons. The van der Waals surface area contributed by atoms with Gasteiger partial charge < -0.3 is 14.1 Å². The molecule has 2 aromatic carbocycles. The summed E-state index contributed by atoms with van der Waals surface area (Å²) >= 11 is 0. The number of imidazole rings is 1. The first-order chi connectivity index (χ1) is 18.9. The molecule has 2 aromatic heterocycles. The van der Waals surface area contributed by atoms with Gasteiger partial charge in [-0.15, -0.1) is 10.2 Å². The lowest BCUT2D eigenvalue weighted by molar-refractivity contribution is 0.0188. The van der Waals surface area contributed by atoms with Crippen molar-refractivity contribution in [3.8, 4) is 11.5 Å². The van der Waals surface area contributed by atoms with Gasteiger partial charge in [-0.25, -0.2) is 18.4 Å². The molecular weight excluding hydrogens is 534 g/mol. The molecular formula is C27H27F4N5O4. The van der Waals surface area contributed by atoms with Crippen LogP contribution in [0.15, 0.2) is 45.6 Å². The first kappa shape index (κ1) is 27.4. The Morgan fingerprint density at radius 3 is 2.25 bits per heavy atom. The number of nitrogens with zero attached hydrogens (tertiary/aromatic N) is 5. The van der Waals surface area contributed by atoms with E-state index in [1.54, 1.807) is 49.9 Å². The van der Waals surface area contributed by atoms with Crippen molar-refractivity contribution in [1.29, 1.82) is 0 Å². The van der Waals surface area contributed by atoms with Gasteiger partial charge in [0.25, 0.3) is 5.89 Å². The molecule has 0 N–H and O–H groups in total. The minimum Gasteiger partial charge on any atom is -0.444 e. The number of aromatic nitrogens is 4. The third kappa shape index (κ3) is 5.45. The third-order valence-electron chi connectivity index (χ3n) is 6.65. The molecule has 9 nitrogen and oxygen atoms in total. The van der Waals surface area contributed by atoms with Crippen LogP contribution in [0.1, 0.15) is 57.5 Å². The molecule has 1 aliphatic rings. The lowest BCUT2D eigenvalue weighted by atomic mass is 10.0. The number of halogens is 4. The molecule has 5 rings (SSSR count). The number of carbonyl (C=O) groups is 1. The summed E-state index contributed by atoms with van der Waals surface area (Å²) in [6.07, 6.45) is -2.48. The van der Waals surface area contributed by atoms with E-state index in [2.05, 4.69) is 10.2 Å². The highest BCUT2D eigenvalue weighted by atomic mass is 19.3. The van der Waals surface area contributed by atoms with Gasteiger partial charge in [0.1, 0.15) is 5.60 Å². The molecule has 212 valence electrons. The van der Waals surface area contributed by atoms with Crippen LogP contribution in [0.5, 0.6) is 0 Å². The van der Waals surface area contributed by atoms with Gasteiger partial charge in [-0.05, 0) is 51.3 Å². The van der Waals surface area contributed by atoms with Crippen LogP contribution in [0.4, 0.5) is 22.4 Å². The molecule has 0 bridgehead atoms.